The molecule has 102 valence electrons. The van der Waals surface area contributed by atoms with E-state index in [-0.39, 0.29) is 6.61 Å². The number of benzene rings is 1. The summed E-state index contributed by atoms with van der Waals surface area (Å²) in [5, 5.41) is 3.82. The van der Waals surface area contributed by atoms with Crippen LogP contribution in [0.1, 0.15) is 11.5 Å². The van der Waals surface area contributed by atoms with E-state index in [4.69, 9.17) is 19.4 Å². The molecule has 2 aromatic heterocycles. The van der Waals surface area contributed by atoms with Crippen LogP contribution in [-0.4, -0.2) is 10.1 Å². The number of furan rings is 1. The lowest BCUT2D eigenvalue weighted by Crippen LogP contribution is -1.99. The summed E-state index contributed by atoms with van der Waals surface area (Å²) in [5.41, 5.74) is 6.58. The average Bonchev–Trinajstić information content (AvgIpc) is 3.16. The van der Waals surface area contributed by atoms with Crippen LogP contribution in [0.3, 0.4) is 0 Å². The van der Waals surface area contributed by atoms with Crippen LogP contribution >= 0.6 is 0 Å². The molecule has 0 bridgehead atoms. The Morgan fingerprint density at radius 1 is 1.20 bits per heavy atom. The fraction of sp³-hybridized carbons (Fsp3) is 0.143. The largest absolute Gasteiger partial charge is 0.484 e. The van der Waals surface area contributed by atoms with E-state index in [1.165, 1.54) is 0 Å². The quantitative estimate of drug-likeness (QED) is 0.766. The summed E-state index contributed by atoms with van der Waals surface area (Å²) in [5.74, 6) is 2.06. The molecule has 0 aliphatic heterocycles. The van der Waals surface area contributed by atoms with E-state index in [0.29, 0.717) is 29.8 Å². The summed E-state index contributed by atoms with van der Waals surface area (Å²) >= 11 is 0. The van der Waals surface area contributed by atoms with Crippen molar-refractivity contribution in [1.29, 1.82) is 0 Å². The van der Waals surface area contributed by atoms with E-state index in [2.05, 4.69) is 10.1 Å². The van der Waals surface area contributed by atoms with Crippen molar-refractivity contribution in [2.75, 3.05) is 0 Å². The second-order valence-corrected chi connectivity index (χ2v) is 4.13. The topological polar surface area (TPSA) is 87.3 Å². The molecule has 0 saturated carbocycles. The maximum atomic E-state index is 5.58. The smallest absolute Gasteiger partial charge is 0.264 e. The minimum atomic E-state index is 0.196. The molecular weight excluding hydrogens is 258 g/mol. The molecule has 3 rings (SSSR count). The lowest BCUT2D eigenvalue weighted by molar-refractivity contribution is 0.242. The standard InChI is InChI=1S/C14H13N3O3/c15-8-10-3-1-4-11(7-10)19-9-13-16-14(17-20-13)12-5-2-6-18-12/h1-7H,8-9,15H2. The van der Waals surface area contributed by atoms with Crippen molar-refractivity contribution in [3.05, 3.63) is 54.1 Å². The minimum Gasteiger partial charge on any atom is -0.484 e. The van der Waals surface area contributed by atoms with E-state index in [9.17, 15) is 0 Å². The van der Waals surface area contributed by atoms with Gasteiger partial charge in [0, 0.05) is 6.54 Å². The lowest BCUT2D eigenvalue weighted by Gasteiger charge is -2.04. The minimum absolute atomic E-state index is 0.196. The summed E-state index contributed by atoms with van der Waals surface area (Å²) < 4.78 is 15.9. The number of aromatic nitrogens is 2. The zero-order chi connectivity index (χ0) is 13.8. The summed E-state index contributed by atoms with van der Waals surface area (Å²) in [6, 6.07) is 11.1. The Morgan fingerprint density at radius 2 is 2.15 bits per heavy atom. The van der Waals surface area contributed by atoms with E-state index in [0.717, 1.165) is 5.56 Å². The highest BCUT2D eigenvalue weighted by molar-refractivity contribution is 5.44. The Hall–Kier alpha value is -2.60. The van der Waals surface area contributed by atoms with Gasteiger partial charge in [-0.05, 0) is 29.8 Å². The van der Waals surface area contributed by atoms with Crippen molar-refractivity contribution >= 4 is 0 Å². The van der Waals surface area contributed by atoms with Crippen molar-refractivity contribution in [3.8, 4) is 17.3 Å². The van der Waals surface area contributed by atoms with Crippen molar-refractivity contribution < 1.29 is 13.7 Å². The Morgan fingerprint density at radius 3 is 2.95 bits per heavy atom. The first-order valence-corrected chi connectivity index (χ1v) is 6.13. The Kier molecular flexibility index (Phi) is 3.47. The third-order valence-corrected chi connectivity index (χ3v) is 2.71. The molecule has 0 amide bonds. The lowest BCUT2D eigenvalue weighted by atomic mass is 10.2. The van der Waals surface area contributed by atoms with Crippen LogP contribution in [0, 0.1) is 0 Å². The summed E-state index contributed by atoms with van der Waals surface area (Å²) in [7, 11) is 0. The Bertz CT molecular complexity index is 677. The number of hydrogen-bond acceptors (Lipinski definition) is 6. The van der Waals surface area contributed by atoms with Crippen molar-refractivity contribution in [2.45, 2.75) is 13.2 Å². The normalized spacial score (nSPS) is 10.7. The van der Waals surface area contributed by atoms with Crippen molar-refractivity contribution in [1.82, 2.24) is 10.1 Å². The molecule has 20 heavy (non-hydrogen) atoms. The van der Waals surface area contributed by atoms with Gasteiger partial charge in [-0.15, -0.1) is 0 Å². The van der Waals surface area contributed by atoms with E-state index >= 15 is 0 Å². The van der Waals surface area contributed by atoms with Crippen LogP contribution in [0.4, 0.5) is 0 Å². The Balaban J connectivity index is 1.66. The van der Waals surface area contributed by atoms with Gasteiger partial charge in [-0.3, -0.25) is 0 Å². The van der Waals surface area contributed by atoms with E-state index in [1.807, 2.05) is 24.3 Å². The van der Waals surface area contributed by atoms with Gasteiger partial charge < -0.3 is 19.4 Å². The van der Waals surface area contributed by atoms with Gasteiger partial charge in [0.2, 0.25) is 5.82 Å². The monoisotopic (exact) mass is 271 g/mol. The zero-order valence-corrected chi connectivity index (χ0v) is 10.7. The van der Waals surface area contributed by atoms with Gasteiger partial charge >= 0.3 is 0 Å². The van der Waals surface area contributed by atoms with E-state index in [1.54, 1.807) is 18.4 Å². The molecule has 6 heteroatoms. The number of rotatable bonds is 5. The molecule has 3 aromatic rings. The molecule has 0 atom stereocenters. The fourth-order valence-corrected chi connectivity index (χ4v) is 1.73. The first-order chi connectivity index (χ1) is 9.85. The molecule has 0 aliphatic carbocycles. The van der Waals surface area contributed by atoms with E-state index < -0.39 is 0 Å². The van der Waals surface area contributed by atoms with Gasteiger partial charge in [0.15, 0.2) is 12.4 Å². The van der Waals surface area contributed by atoms with Crippen LogP contribution in [0.2, 0.25) is 0 Å². The second-order valence-electron chi connectivity index (χ2n) is 4.13. The number of ether oxygens (including phenoxy) is 1. The number of hydrogen-bond donors (Lipinski definition) is 1. The highest BCUT2D eigenvalue weighted by atomic mass is 16.5. The summed E-state index contributed by atoms with van der Waals surface area (Å²) in [6.45, 7) is 0.669. The summed E-state index contributed by atoms with van der Waals surface area (Å²) in [4.78, 5) is 4.19. The fourth-order valence-electron chi connectivity index (χ4n) is 1.73. The molecule has 0 radical (unpaired) electrons. The first-order valence-electron chi connectivity index (χ1n) is 6.13. The molecule has 0 unspecified atom stereocenters. The van der Waals surface area contributed by atoms with Crippen molar-refractivity contribution in [3.63, 3.8) is 0 Å². The number of nitrogens with two attached hydrogens (primary N) is 1. The summed E-state index contributed by atoms with van der Waals surface area (Å²) in [6.07, 6.45) is 1.56. The van der Waals surface area contributed by atoms with Gasteiger partial charge in [-0.25, -0.2) is 0 Å². The molecule has 0 spiro atoms. The average molecular weight is 271 g/mol. The third-order valence-electron chi connectivity index (χ3n) is 2.71. The maximum Gasteiger partial charge on any atom is 0.264 e. The highest BCUT2D eigenvalue weighted by Crippen LogP contribution is 2.18. The van der Waals surface area contributed by atoms with Crippen LogP contribution in [0.15, 0.2) is 51.6 Å². The molecule has 0 aliphatic rings. The van der Waals surface area contributed by atoms with Crippen LogP contribution < -0.4 is 10.5 Å². The second kappa shape index (κ2) is 5.58. The van der Waals surface area contributed by atoms with Crippen LogP contribution in [-0.2, 0) is 13.2 Å². The van der Waals surface area contributed by atoms with Gasteiger partial charge in [-0.1, -0.05) is 17.3 Å². The number of nitrogens with zero attached hydrogens (tertiary/aromatic N) is 2. The Labute approximate surface area is 115 Å². The molecular formula is C14H13N3O3. The molecule has 2 heterocycles. The molecule has 6 nitrogen and oxygen atoms in total. The van der Waals surface area contributed by atoms with Gasteiger partial charge in [0.1, 0.15) is 5.75 Å². The molecule has 0 saturated heterocycles. The molecule has 2 N–H and O–H groups in total. The molecule has 0 fully saturated rings. The molecule has 1 aromatic carbocycles. The SMILES string of the molecule is NCc1cccc(OCc2nc(-c3ccco3)no2)c1. The van der Waals surface area contributed by atoms with Crippen LogP contribution in [0.5, 0.6) is 5.75 Å². The third kappa shape index (κ3) is 2.70. The maximum absolute atomic E-state index is 5.58. The van der Waals surface area contributed by atoms with Crippen LogP contribution in [0.25, 0.3) is 11.6 Å². The van der Waals surface area contributed by atoms with Gasteiger partial charge in [-0.2, -0.15) is 4.98 Å². The predicted molar refractivity (Wildman–Crippen MR) is 70.7 cm³/mol. The van der Waals surface area contributed by atoms with Crippen molar-refractivity contribution in [2.24, 2.45) is 5.73 Å². The predicted octanol–water partition coefficient (Wildman–Crippen LogP) is 2.37. The van der Waals surface area contributed by atoms with Gasteiger partial charge in [0.05, 0.1) is 6.26 Å². The first kappa shape index (κ1) is 12.4. The zero-order valence-electron chi connectivity index (χ0n) is 10.7. The van der Waals surface area contributed by atoms with Gasteiger partial charge in [0.25, 0.3) is 5.89 Å². The highest BCUT2D eigenvalue weighted by Gasteiger charge is 2.11.